The van der Waals surface area contributed by atoms with Crippen LogP contribution in [0, 0.1) is 6.92 Å². The number of imidazole rings is 1. The second-order valence-electron chi connectivity index (χ2n) is 3.26. The van der Waals surface area contributed by atoms with E-state index in [2.05, 4.69) is 9.97 Å². The van der Waals surface area contributed by atoms with Crippen molar-refractivity contribution in [1.82, 2.24) is 9.97 Å². The molecule has 0 aliphatic heterocycles. The fourth-order valence-corrected chi connectivity index (χ4v) is 1.58. The molecule has 1 aliphatic carbocycles. The molecule has 3 heteroatoms. The standard InChI is InChI=1S/C8H13N3/c1-5-7(6-3-2-4-6)11-8(9)10-5/h6H,2-4H2,1H3,(H3,9,10,11). The van der Waals surface area contributed by atoms with E-state index in [0.29, 0.717) is 11.9 Å². The highest BCUT2D eigenvalue weighted by atomic mass is 15.0. The number of nitrogen functional groups attached to an aromatic ring is 1. The molecule has 1 aromatic rings. The van der Waals surface area contributed by atoms with Gasteiger partial charge in [-0.25, -0.2) is 4.98 Å². The fourth-order valence-electron chi connectivity index (χ4n) is 1.58. The highest BCUT2D eigenvalue weighted by Crippen LogP contribution is 2.36. The van der Waals surface area contributed by atoms with Gasteiger partial charge in [-0.05, 0) is 19.8 Å². The van der Waals surface area contributed by atoms with Crippen LogP contribution in [0.3, 0.4) is 0 Å². The number of rotatable bonds is 1. The van der Waals surface area contributed by atoms with Crippen molar-refractivity contribution >= 4 is 5.95 Å². The van der Waals surface area contributed by atoms with Crippen LogP contribution >= 0.6 is 0 Å². The van der Waals surface area contributed by atoms with Crippen LogP contribution in [0.4, 0.5) is 5.95 Å². The normalized spacial score (nSPS) is 18.3. The molecule has 0 amide bonds. The van der Waals surface area contributed by atoms with Crippen LogP contribution in [-0.4, -0.2) is 9.97 Å². The first-order valence-corrected chi connectivity index (χ1v) is 4.09. The molecule has 60 valence electrons. The monoisotopic (exact) mass is 151 g/mol. The lowest BCUT2D eigenvalue weighted by Crippen LogP contribution is -2.10. The Morgan fingerprint density at radius 3 is 2.64 bits per heavy atom. The quantitative estimate of drug-likeness (QED) is 0.640. The minimum atomic E-state index is 0.560. The molecule has 0 aromatic carbocycles. The summed E-state index contributed by atoms with van der Waals surface area (Å²) in [6, 6.07) is 0. The van der Waals surface area contributed by atoms with Crippen molar-refractivity contribution in [3.63, 3.8) is 0 Å². The Hall–Kier alpha value is -0.990. The highest BCUT2D eigenvalue weighted by molar-refractivity contribution is 5.28. The van der Waals surface area contributed by atoms with Crippen molar-refractivity contribution < 1.29 is 0 Å². The Morgan fingerprint density at radius 2 is 2.27 bits per heavy atom. The Balaban J connectivity index is 2.28. The molecule has 1 heterocycles. The van der Waals surface area contributed by atoms with Gasteiger partial charge in [0.15, 0.2) is 5.95 Å². The SMILES string of the molecule is Cc1[nH]c(N)nc1C1CCC1. The van der Waals surface area contributed by atoms with Gasteiger partial charge in [-0.3, -0.25) is 0 Å². The van der Waals surface area contributed by atoms with E-state index >= 15 is 0 Å². The van der Waals surface area contributed by atoms with Gasteiger partial charge in [0, 0.05) is 11.6 Å². The number of H-pyrrole nitrogens is 1. The first-order chi connectivity index (χ1) is 5.27. The van der Waals surface area contributed by atoms with Crippen LogP contribution in [0.2, 0.25) is 0 Å². The van der Waals surface area contributed by atoms with Gasteiger partial charge in [-0.15, -0.1) is 0 Å². The number of hydrogen-bond acceptors (Lipinski definition) is 2. The molecule has 1 aromatic heterocycles. The van der Waals surface area contributed by atoms with Crippen molar-refractivity contribution in [3.8, 4) is 0 Å². The predicted molar refractivity (Wildman–Crippen MR) is 44.3 cm³/mol. The molecular weight excluding hydrogens is 138 g/mol. The van der Waals surface area contributed by atoms with Crippen molar-refractivity contribution in [2.45, 2.75) is 32.1 Å². The maximum absolute atomic E-state index is 5.53. The zero-order valence-electron chi connectivity index (χ0n) is 6.72. The molecule has 0 saturated heterocycles. The molecule has 0 spiro atoms. The van der Waals surface area contributed by atoms with Crippen molar-refractivity contribution in [2.24, 2.45) is 0 Å². The first-order valence-electron chi connectivity index (χ1n) is 4.09. The van der Waals surface area contributed by atoms with Crippen molar-refractivity contribution in [2.75, 3.05) is 5.73 Å². The summed E-state index contributed by atoms with van der Waals surface area (Å²) in [6.07, 6.45) is 3.91. The zero-order chi connectivity index (χ0) is 7.84. The van der Waals surface area contributed by atoms with E-state index in [9.17, 15) is 0 Å². The molecule has 0 bridgehead atoms. The van der Waals surface area contributed by atoms with E-state index in [0.717, 1.165) is 5.69 Å². The molecule has 11 heavy (non-hydrogen) atoms. The van der Waals surface area contributed by atoms with Gasteiger partial charge in [-0.1, -0.05) is 6.42 Å². The molecule has 0 unspecified atom stereocenters. The average molecular weight is 151 g/mol. The molecular formula is C8H13N3. The molecule has 2 rings (SSSR count). The topological polar surface area (TPSA) is 54.7 Å². The minimum Gasteiger partial charge on any atom is -0.369 e. The van der Waals surface area contributed by atoms with E-state index in [1.54, 1.807) is 0 Å². The first kappa shape index (κ1) is 6.70. The lowest BCUT2D eigenvalue weighted by molar-refractivity contribution is 0.411. The number of hydrogen-bond donors (Lipinski definition) is 2. The number of nitrogens with two attached hydrogens (primary N) is 1. The number of aromatic nitrogens is 2. The van der Waals surface area contributed by atoms with Gasteiger partial charge in [0.25, 0.3) is 0 Å². The third-order valence-electron chi connectivity index (χ3n) is 2.43. The Kier molecular flexibility index (Phi) is 1.37. The molecule has 0 atom stereocenters. The predicted octanol–water partition coefficient (Wildman–Crippen LogP) is 1.57. The van der Waals surface area contributed by atoms with Crippen LogP contribution in [0.1, 0.15) is 36.6 Å². The Labute approximate surface area is 66.0 Å². The summed E-state index contributed by atoms with van der Waals surface area (Å²) in [6.45, 7) is 2.04. The van der Waals surface area contributed by atoms with Gasteiger partial charge >= 0.3 is 0 Å². The average Bonchev–Trinajstić information content (AvgIpc) is 2.07. The van der Waals surface area contributed by atoms with Crippen molar-refractivity contribution in [1.29, 1.82) is 0 Å². The molecule has 1 aliphatic rings. The van der Waals surface area contributed by atoms with Gasteiger partial charge in [0.1, 0.15) is 0 Å². The van der Waals surface area contributed by atoms with Crippen LogP contribution in [0.15, 0.2) is 0 Å². The Bertz CT molecular complexity index is 260. The van der Waals surface area contributed by atoms with E-state index in [1.807, 2.05) is 6.92 Å². The number of aryl methyl sites for hydroxylation is 1. The van der Waals surface area contributed by atoms with Gasteiger partial charge in [0.2, 0.25) is 0 Å². The van der Waals surface area contributed by atoms with Gasteiger partial charge in [-0.2, -0.15) is 0 Å². The van der Waals surface area contributed by atoms with Crippen LogP contribution in [0.5, 0.6) is 0 Å². The number of nitrogens with zero attached hydrogens (tertiary/aromatic N) is 1. The van der Waals surface area contributed by atoms with E-state index in [-0.39, 0.29) is 0 Å². The number of nitrogens with one attached hydrogen (secondary N) is 1. The van der Waals surface area contributed by atoms with E-state index in [4.69, 9.17) is 5.73 Å². The van der Waals surface area contributed by atoms with Gasteiger partial charge < -0.3 is 10.7 Å². The van der Waals surface area contributed by atoms with Crippen LogP contribution < -0.4 is 5.73 Å². The summed E-state index contributed by atoms with van der Waals surface area (Å²) in [5.74, 6) is 1.24. The molecule has 1 fully saturated rings. The summed E-state index contributed by atoms with van der Waals surface area (Å²) in [4.78, 5) is 7.28. The molecule has 3 nitrogen and oxygen atoms in total. The second-order valence-corrected chi connectivity index (χ2v) is 3.26. The molecule has 0 radical (unpaired) electrons. The fraction of sp³-hybridized carbons (Fsp3) is 0.625. The zero-order valence-corrected chi connectivity index (χ0v) is 6.72. The van der Waals surface area contributed by atoms with E-state index in [1.165, 1.54) is 25.0 Å². The number of aromatic amines is 1. The minimum absolute atomic E-state index is 0.560. The summed E-state index contributed by atoms with van der Waals surface area (Å²) in [5.41, 5.74) is 7.86. The molecule has 3 N–H and O–H groups in total. The van der Waals surface area contributed by atoms with E-state index < -0.39 is 0 Å². The highest BCUT2D eigenvalue weighted by Gasteiger charge is 2.23. The second kappa shape index (κ2) is 2.26. The van der Waals surface area contributed by atoms with Crippen molar-refractivity contribution in [3.05, 3.63) is 11.4 Å². The lowest BCUT2D eigenvalue weighted by Gasteiger charge is -2.23. The lowest BCUT2D eigenvalue weighted by atomic mass is 9.82. The van der Waals surface area contributed by atoms with Crippen LogP contribution in [0.25, 0.3) is 0 Å². The molecule has 1 saturated carbocycles. The summed E-state index contributed by atoms with van der Waals surface area (Å²) < 4.78 is 0. The largest absolute Gasteiger partial charge is 0.369 e. The third kappa shape index (κ3) is 1.00. The Morgan fingerprint density at radius 1 is 1.55 bits per heavy atom. The summed E-state index contributed by atoms with van der Waals surface area (Å²) >= 11 is 0. The van der Waals surface area contributed by atoms with Crippen LogP contribution in [-0.2, 0) is 0 Å². The third-order valence-corrected chi connectivity index (χ3v) is 2.43. The number of anilines is 1. The summed E-state index contributed by atoms with van der Waals surface area (Å²) in [7, 11) is 0. The maximum Gasteiger partial charge on any atom is 0.197 e. The van der Waals surface area contributed by atoms with Gasteiger partial charge in [0.05, 0.1) is 5.69 Å². The summed E-state index contributed by atoms with van der Waals surface area (Å²) in [5, 5.41) is 0. The smallest absolute Gasteiger partial charge is 0.197 e. The maximum atomic E-state index is 5.53.